The van der Waals surface area contributed by atoms with Gasteiger partial charge in [-0.25, -0.2) is 4.39 Å². The van der Waals surface area contributed by atoms with E-state index in [9.17, 15) is 9.18 Å². The summed E-state index contributed by atoms with van der Waals surface area (Å²) in [5, 5.41) is 0. The van der Waals surface area contributed by atoms with Crippen molar-refractivity contribution in [2.24, 2.45) is 11.3 Å². The number of amides is 1. The Morgan fingerprint density at radius 1 is 1.16 bits per heavy atom. The number of benzene rings is 1. The lowest BCUT2D eigenvalue weighted by Gasteiger charge is -2.55. The van der Waals surface area contributed by atoms with Crippen LogP contribution in [-0.2, 0) is 9.53 Å². The van der Waals surface area contributed by atoms with E-state index in [4.69, 9.17) is 9.47 Å². The number of piperidine rings is 1. The van der Waals surface area contributed by atoms with Crippen LogP contribution >= 0.6 is 0 Å². The van der Waals surface area contributed by atoms with E-state index in [-0.39, 0.29) is 17.3 Å². The fourth-order valence-corrected chi connectivity index (χ4v) is 6.31. The van der Waals surface area contributed by atoms with Crippen LogP contribution < -0.4 is 4.74 Å². The van der Waals surface area contributed by atoms with Crippen molar-refractivity contribution in [3.8, 4) is 5.75 Å². The maximum absolute atomic E-state index is 13.9. The van der Waals surface area contributed by atoms with Gasteiger partial charge in [0.25, 0.3) is 0 Å². The number of halogens is 1. The van der Waals surface area contributed by atoms with Gasteiger partial charge in [0.2, 0.25) is 5.91 Å². The van der Waals surface area contributed by atoms with E-state index in [1.165, 1.54) is 12.1 Å². The molecule has 0 unspecified atom stereocenters. The molecule has 0 aromatic heterocycles. The van der Waals surface area contributed by atoms with E-state index in [0.717, 1.165) is 71.6 Å². The summed E-state index contributed by atoms with van der Waals surface area (Å²) in [5.74, 6) is 1.19. The van der Waals surface area contributed by atoms with E-state index in [1.54, 1.807) is 12.1 Å². The molecule has 0 radical (unpaired) electrons. The lowest BCUT2D eigenvalue weighted by molar-refractivity contribution is -0.165. The third-order valence-electron chi connectivity index (χ3n) is 8.25. The highest BCUT2D eigenvalue weighted by Gasteiger charge is 2.55. The second-order valence-electron chi connectivity index (χ2n) is 9.99. The van der Waals surface area contributed by atoms with Crippen molar-refractivity contribution in [2.75, 3.05) is 59.0 Å². The Bertz CT molecular complexity index is 794. The molecule has 4 aliphatic rings. The molecule has 3 saturated heterocycles. The predicted octanol–water partition coefficient (Wildman–Crippen LogP) is 2.63. The average Bonchev–Trinajstić information content (AvgIpc) is 2.81. The van der Waals surface area contributed by atoms with Crippen LogP contribution in [0.25, 0.3) is 0 Å². The van der Waals surface area contributed by atoms with Crippen LogP contribution in [0.5, 0.6) is 5.75 Å². The number of morpholine rings is 1. The monoisotopic (exact) mass is 445 g/mol. The molecule has 5 rings (SSSR count). The molecule has 176 valence electrons. The number of hydrogen-bond donors (Lipinski definition) is 0. The molecule has 0 bridgehead atoms. The summed E-state index contributed by atoms with van der Waals surface area (Å²) in [6.45, 7) is 10.2. The Morgan fingerprint density at radius 3 is 2.62 bits per heavy atom. The summed E-state index contributed by atoms with van der Waals surface area (Å²) >= 11 is 0. The van der Waals surface area contributed by atoms with Crippen molar-refractivity contribution < 1.29 is 18.7 Å². The number of fused-ring (bicyclic) bond motifs is 1. The van der Waals surface area contributed by atoms with Crippen molar-refractivity contribution in [1.82, 2.24) is 14.7 Å². The molecule has 3 aliphatic heterocycles. The number of carbonyl (C=O) groups is 1. The summed E-state index contributed by atoms with van der Waals surface area (Å²) in [4.78, 5) is 21.0. The zero-order valence-corrected chi connectivity index (χ0v) is 19.2. The summed E-state index contributed by atoms with van der Waals surface area (Å²) in [6.07, 6.45) is 4.32. The lowest BCUT2D eigenvalue weighted by atomic mass is 9.60. The van der Waals surface area contributed by atoms with Crippen molar-refractivity contribution in [3.05, 3.63) is 30.1 Å². The maximum atomic E-state index is 13.9. The van der Waals surface area contributed by atoms with Gasteiger partial charge in [0, 0.05) is 25.7 Å². The number of nitrogens with zero attached hydrogens (tertiary/aromatic N) is 3. The highest BCUT2D eigenvalue weighted by molar-refractivity contribution is 5.84. The first-order valence-electron chi connectivity index (χ1n) is 12.3. The van der Waals surface area contributed by atoms with Gasteiger partial charge >= 0.3 is 0 Å². The third-order valence-corrected chi connectivity index (χ3v) is 8.25. The van der Waals surface area contributed by atoms with Crippen molar-refractivity contribution in [1.29, 1.82) is 0 Å². The molecule has 1 amide bonds. The number of ether oxygens (including phenoxy) is 2. The second kappa shape index (κ2) is 9.27. The predicted molar refractivity (Wildman–Crippen MR) is 120 cm³/mol. The molecule has 3 atom stereocenters. The molecule has 1 aromatic rings. The Kier molecular flexibility index (Phi) is 6.41. The second-order valence-corrected chi connectivity index (χ2v) is 9.99. The number of carbonyl (C=O) groups excluding carboxylic acids is 1. The zero-order valence-electron chi connectivity index (χ0n) is 19.2. The standard InChI is InChI=1S/C25H36FN3O3/c1-2-27-10-8-19-15-21(28-11-13-31-14-12-28)7-9-25(19,18-27)24(30)29-16-23(17-29)32-22-5-3-20(26)4-6-22/h3-6,19,21,23H,2,7-18H2,1H3/t19-,21+,25-/m1/s1. The van der Waals surface area contributed by atoms with Crippen LogP contribution in [0.4, 0.5) is 4.39 Å². The van der Waals surface area contributed by atoms with E-state index in [0.29, 0.717) is 36.7 Å². The molecular weight excluding hydrogens is 409 g/mol. The van der Waals surface area contributed by atoms with Crippen molar-refractivity contribution in [3.63, 3.8) is 0 Å². The summed E-state index contributed by atoms with van der Waals surface area (Å²) < 4.78 is 24.6. The van der Waals surface area contributed by atoms with Gasteiger partial charge in [-0.2, -0.15) is 0 Å². The number of likely N-dealkylation sites (tertiary alicyclic amines) is 2. The van der Waals surface area contributed by atoms with Gasteiger partial charge in [-0.05, 0) is 69.0 Å². The average molecular weight is 446 g/mol. The van der Waals surface area contributed by atoms with Crippen LogP contribution in [-0.4, -0.2) is 91.8 Å². The first kappa shape index (κ1) is 22.1. The highest BCUT2D eigenvalue weighted by Crippen LogP contribution is 2.49. The van der Waals surface area contributed by atoms with Gasteiger partial charge in [-0.15, -0.1) is 0 Å². The quantitative estimate of drug-likeness (QED) is 0.697. The Balaban J connectivity index is 1.24. The van der Waals surface area contributed by atoms with Gasteiger partial charge in [0.15, 0.2) is 0 Å². The number of hydrogen-bond acceptors (Lipinski definition) is 5. The Morgan fingerprint density at radius 2 is 1.91 bits per heavy atom. The van der Waals surface area contributed by atoms with Gasteiger partial charge in [0.1, 0.15) is 17.7 Å². The fraction of sp³-hybridized carbons (Fsp3) is 0.720. The molecule has 32 heavy (non-hydrogen) atoms. The molecule has 1 saturated carbocycles. The minimum atomic E-state index is -0.265. The SMILES string of the molecule is CCN1CC[C@@H]2C[C@@H](N3CCOCC3)CC[C@@]2(C(=O)N2CC(Oc3ccc(F)cc3)C2)C1. The minimum Gasteiger partial charge on any atom is -0.487 e. The van der Waals surface area contributed by atoms with Gasteiger partial charge in [0.05, 0.1) is 31.7 Å². The van der Waals surface area contributed by atoms with Crippen LogP contribution in [0.3, 0.4) is 0 Å². The van der Waals surface area contributed by atoms with Crippen LogP contribution in [0.2, 0.25) is 0 Å². The Labute approximate surface area is 190 Å². The van der Waals surface area contributed by atoms with E-state index in [1.807, 2.05) is 4.90 Å². The molecule has 0 N–H and O–H groups in total. The van der Waals surface area contributed by atoms with E-state index in [2.05, 4.69) is 16.7 Å². The first-order valence-corrected chi connectivity index (χ1v) is 12.3. The summed E-state index contributed by atoms with van der Waals surface area (Å²) in [7, 11) is 0. The van der Waals surface area contributed by atoms with Crippen molar-refractivity contribution in [2.45, 2.75) is 44.8 Å². The van der Waals surface area contributed by atoms with Crippen LogP contribution in [0, 0.1) is 17.2 Å². The highest BCUT2D eigenvalue weighted by atomic mass is 19.1. The molecule has 4 fully saturated rings. The normalized spacial score (nSPS) is 32.2. The molecule has 1 aliphatic carbocycles. The molecule has 3 heterocycles. The smallest absolute Gasteiger partial charge is 0.230 e. The summed E-state index contributed by atoms with van der Waals surface area (Å²) in [5.41, 5.74) is -0.252. The van der Waals surface area contributed by atoms with Gasteiger partial charge in [-0.3, -0.25) is 9.69 Å². The van der Waals surface area contributed by atoms with E-state index < -0.39 is 0 Å². The topological polar surface area (TPSA) is 45.2 Å². The maximum Gasteiger partial charge on any atom is 0.230 e. The Hall–Kier alpha value is -1.70. The molecule has 7 heteroatoms. The van der Waals surface area contributed by atoms with E-state index >= 15 is 0 Å². The van der Waals surface area contributed by atoms with Gasteiger partial charge < -0.3 is 19.3 Å². The minimum absolute atomic E-state index is 0.00480. The molecule has 1 aromatic carbocycles. The van der Waals surface area contributed by atoms with Crippen LogP contribution in [0.1, 0.15) is 32.6 Å². The molecular formula is C25H36FN3O3. The number of rotatable bonds is 5. The zero-order chi connectivity index (χ0) is 22.1. The van der Waals surface area contributed by atoms with Gasteiger partial charge in [-0.1, -0.05) is 6.92 Å². The largest absolute Gasteiger partial charge is 0.487 e. The third kappa shape index (κ3) is 4.27. The molecule has 6 nitrogen and oxygen atoms in total. The van der Waals surface area contributed by atoms with Crippen LogP contribution in [0.15, 0.2) is 24.3 Å². The molecule has 0 spiro atoms. The first-order chi connectivity index (χ1) is 15.6. The lowest BCUT2D eigenvalue weighted by Crippen LogP contribution is -2.66. The summed E-state index contributed by atoms with van der Waals surface area (Å²) in [6, 6.07) is 6.72. The fourth-order valence-electron chi connectivity index (χ4n) is 6.31. The van der Waals surface area contributed by atoms with Crippen molar-refractivity contribution >= 4 is 5.91 Å².